The fraction of sp³-hybridized carbons (Fsp3) is 0.533. The van der Waals surface area contributed by atoms with E-state index in [4.69, 9.17) is 4.74 Å². The summed E-state index contributed by atoms with van der Waals surface area (Å²) in [7, 11) is -3.57. The van der Waals surface area contributed by atoms with Crippen LogP contribution in [-0.4, -0.2) is 34.0 Å². The van der Waals surface area contributed by atoms with Gasteiger partial charge in [-0.25, -0.2) is 13.1 Å². The minimum Gasteiger partial charge on any atom is -0.494 e. The molecule has 7 heteroatoms. The lowest BCUT2D eigenvalue weighted by Crippen LogP contribution is -2.35. The van der Waals surface area contributed by atoms with Crippen molar-refractivity contribution < 1.29 is 17.9 Å². The first-order chi connectivity index (χ1) is 10.3. The van der Waals surface area contributed by atoms with E-state index in [1.165, 1.54) is 12.1 Å². The molecule has 0 aliphatic rings. The molecule has 1 aromatic rings. The summed E-state index contributed by atoms with van der Waals surface area (Å²) in [6.07, 6.45) is 0.436. The summed E-state index contributed by atoms with van der Waals surface area (Å²) in [5, 5.41) is 2.68. The fourth-order valence-electron chi connectivity index (χ4n) is 1.80. The Hall–Kier alpha value is -1.60. The smallest absolute Gasteiger partial charge is 0.240 e. The van der Waals surface area contributed by atoms with E-state index in [9.17, 15) is 13.2 Å². The summed E-state index contributed by atoms with van der Waals surface area (Å²) in [5.74, 6) is 0.832. The molecule has 1 aromatic carbocycles. The maximum atomic E-state index is 12.1. The standard InChI is InChI=1S/C15H24N2O4S/c1-4-21-13-5-7-14(8-6-13)22(19,20)17-10-9-16-15(18)11-12(2)3/h5-8,12,17H,4,9-11H2,1-3H3,(H,16,18). The van der Waals surface area contributed by atoms with Gasteiger partial charge in [0.25, 0.3) is 0 Å². The number of rotatable bonds is 9. The van der Waals surface area contributed by atoms with Gasteiger partial charge in [-0.05, 0) is 37.1 Å². The van der Waals surface area contributed by atoms with Crippen LogP contribution in [0.5, 0.6) is 5.75 Å². The van der Waals surface area contributed by atoms with Gasteiger partial charge in [0.2, 0.25) is 15.9 Å². The number of ether oxygens (including phenoxy) is 1. The first-order valence-electron chi connectivity index (χ1n) is 7.34. The van der Waals surface area contributed by atoms with Crippen LogP contribution in [-0.2, 0) is 14.8 Å². The Morgan fingerprint density at radius 1 is 1.18 bits per heavy atom. The molecule has 0 atom stereocenters. The second-order valence-corrected chi connectivity index (χ2v) is 7.02. The van der Waals surface area contributed by atoms with Crippen molar-refractivity contribution in [3.63, 3.8) is 0 Å². The molecule has 0 spiro atoms. The zero-order chi connectivity index (χ0) is 16.6. The topological polar surface area (TPSA) is 84.5 Å². The van der Waals surface area contributed by atoms with Crippen LogP contribution in [0.15, 0.2) is 29.2 Å². The van der Waals surface area contributed by atoms with E-state index in [0.29, 0.717) is 18.8 Å². The van der Waals surface area contributed by atoms with Gasteiger partial charge in [0.1, 0.15) is 5.75 Å². The molecule has 0 fully saturated rings. The SMILES string of the molecule is CCOc1ccc(S(=O)(=O)NCCNC(=O)CC(C)C)cc1. The number of nitrogens with one attached hydrogen (secondary N) is 2. The predicted octanol–water partition coefficient (Wildman–Crippen LogP) is 1.53. The van der Waals surface area contributed by atoms with E-state index in [1.54, 1.807) is 12.1 Å². The molecule has 0 unspecified atom stereocenters. The van der Waals surface area contributed by atoms with E-state index in [2.05, 4.69) is 10.0 Å². The molecule has 22 heavy (non-hydrogen) atoms. The van der Waals surface area contributed by atoms with Crippen molar-refractivity contribution in [2.45, 2.75) is 32.1 Å². The van der Waals surface area contributed by atoms with Crippen LogP contribution < -0.4 is 14.8 Å². The van der Waals surface area contributed by atoms with Crippen LogP contribution in [0.1, 0.15) is 27.2 Å². The van der Waals surface area contributed by atoms with Gasteiger partial charge in [-0.2, -0.15) is 0 Å². The second kappa shape index (κ2) is 8.75. The Labute approximate surface area is 132 Å². The van der Waals surface area contributed by atoms with Crippen LogP contribution in [0.25, 0.3) is 0 Å². The van der Waals surface area contributed by atoms with Crippen LogP contribution in [0.4, 0.5) is 0 Å². The van der Waals surface area contributed by atoms with Gasteiger partial charge in [-0.1, -0.05) is 13.8 Å². The number of amides is 1. The lowest BCUT2D eigenvalue weighted by atomic mass is 10.1. The molecule has 0 radical (unpaired) electrons. The van der Waals surface area contributed by atoms with E-state index in [-0.39, 0.29) is 29.8 Å². The molecule has 0 aliphatic carbocycles. The van der Waals surface area contributed by atoms with Crippen molar-refractivity contribution in [2.75, 3.05) is 19.7 Å². The van der Waals surface area contributed by atoms with Gasteiger partial charge in [-0.15, -0.1) is 0 Å². The molecule has 0 saturated carbocycles. The lowest BCUT2D eigenvalue weighted by molar-refractivity contribution is -0.121. The predicted molar refractivity (Wildman–Crippen MR) is 85.3 cm³/mol. The summed E-state index contributed by atoms with van der Waals surface area (Å²) in [6, 6.07) is 6.21. The van der Waals surface area contributed by atoms with Gasteiger partial charge in [0.05, 0.1) is 11.5 Å². The highest BCUT2D eigenvalue weighted by Gasteiger charge is 2.13. The quantitative estimate of drug-likeness (QED) is 0.673. The Kier molecular flexibility index (Phi) is 7.34. The Morgan fingerprint density at radius 2 is 1.82 bits per heavy atom. The number of sulfonamides is 1. The zero-order valence-corrected chi connectivity index (χ0v) is 14.1. The average Bonchev–Trinajstić information content (AvgIpc) is 2.44. The van der Waals surface area contributed by atoms with Crippen molar-refractivity contribution in [3.05, 3.63) is 24.3 Å². The first kappa shape index (κ1) is 18.4. The molecular weight excluding hydrogens is 304 g/mol. The molecular formula is C15H24N2O4S. The molecule has 6 nitrogen and oxygen atoms in total. The lowest BCUT2D eigenvalue weighted by Gasteiger charge is -2.09. The van der Waals surface area contributed by atoms with Crippen LogP contribution in [0.2, 0.25) is 0 Å². The van der Waals surface area contributed by atoms with E-state index < -0.39 is 10.0 Å². The Bertz CT molecular complexity index is 568. The minimum absolute atomic E-state index is 0.0738. The van der Waals surface area contributed by atoms with E-state index in [1.807, 2.05) is 20.8 Å². The van der Waals surface area contributed by atoms with Gasteiger partial charge in [-0.3, -0.25) is 4.79 Å². The molecule has 0 aromatic heterocycles. The van der Waals surface area contributed by atoms with E-state index >= 15 is 0 Å². The van der Waals surface area contributed by atoms with Crippen molar-refractivity contribution in [1.82, 2.24) is 10.0 Å². The Balaban J connectivity index is 2.45. The number of hydrogen-bond donors (Lipinski definition) is 2. The molecule has 0 aliphatic heterocycles. The number of carbonyl (C=O) groups excluding carboxylic acids is 1. The molecule has 124 valence electrons. The largest absolute Gasteiger partial charge is 0.494 e. The van der Waals surface area contributed by atoms with Crippen molar-refractivity contribution in [3.8, 4) is 5.75 Å². The highest BCUT2D eigenvalue weighted by molar-refractivity contribution is 7.89. The van der Waals surface area contributed by atoms with Gasteiger partial charge >= 0.3 is 0 Å². The highest BCUT2D eigenvalue weighted by atomic mass is 32.2. The fourth-order valence-corrected chi connectivity index (χ4v) is 2.83. The van der Waals surface area contributed by atoms with Crippen molar-refractivity contribution in [1.29, 1.82) is 0 Å². The average molecular weight is 328 g/mol. The monoisotopic (exact) mass is 328 g/mol. The molecule has 0 bridgehead atoms. The number of carbonyl (C=O) groups is 1. The highest BCUT2D eigenvalue weighted by Crippen LogP contribution is 2.15. The molecule has 1 amide bonds. The van der Waals surface area contributed by atoms with Gasteiger partial charge in [0, 0.05) is 19.5 Å². The first-order valence-corrected chi connectivity index (χ1v) is 8.82. The van der Waals surface area contributed by atoms with Crippen molar-refractivity contribution in [2.24, 2.45) is 5.92 Å². The molecule has 0 saturated heterocycles. The molecule has 2 N–H and O–H groups in total. The third-order valence-corrected chi connectivity index (χ3v) is 4.25. The van der Waals surface area contributed by atoms with Crippen LogP contribution in [0, 0.1) is 5.92 Å². The van der Waals surface area contributed by atoms with Crippen molar-refractivity contribution >= 4 is 15.9 Å². The maximum absolute atomic E-state index is 12.1. The van der Waals surface area contributed by atoms with Crippen LogP contribution >= 0.6 is 0 Å². The summed E-state index contributed by atoms with van der Waals surface area (Å²) in [6.45, 7) is 6.71. The molecule has 1 rings (SSSR count). The van der Waals surface area contributed by atoms with Crippen LogP contribution in [0.3, 0.4) is 0 Å². The van der Waals surface area contributed by atoms with Gasteiger partial charge < -0.3 is 10.1 Å². The summed E-state index contributed by atoms with van der Waals surface area (Å²) in [5.41, 5.74) is 0. The maximum Gasteiger partial charge on any atom is 0.240 e. The third kappa shape index (κ3) is 6.44. The minimum atomic E-state index is -3.57. The van der Waals surface area contributed by atoms with Gasteiger partial charge in [0.15, 0.2) is 0 Å². The third-order valence-electron chi connectivity index (χ3n) is 2.78. The number of benzene rings is 1. The number of hydrogen-bond acceptors (Lipinski definition) is 4. The normalized spacial score (nSPS) is 11.5. The second-order valence-electron chi connectivity index (χ2n) is 5.25. The van der Waals surface area contributed by atoms with E-state index in [0.717, 1.165) is 0 Å². The molecule has 0 heterocycles. The Morgan fingerprint density at radius 3 is 2.36 bits per heavy atom. The zero-order valence-electron chi connectivity index (χ0n) is 13.3. The summed E-state index contributed by atoms with van der Waals surface area (Å²) < 4.78 is 31.8. The summed E-state index contributed by atoms with van der Waals surface area (Å²) >= 11 is 0. The summed E-state index contributed by atoms with van der Waals surface area (Å²) in [4.78, 5) is 11.6.